The van der Waals surface area contributed by atoms with Gasteiger partial charge in [0.15, 0.2) is 11.5 Å². The molecule has 0 aliphatic rings. The lowest BCUT2D eigenvalue weighted by atomic mass is 10.1. The third kappa shape index (κ3) is 3.59. The molecule has 7 heteroatoms. The molecule has 2 aromatic carbocycles. The molecule has 4 aromatic rings. The Morgan fingerprint density at radius 3 is 2.13 bits per heavy atom. The molecule has 0 aliphatic heterocycles. The number of ether oxygens (including phenoxy) is 4. The lowest BCUT2D eigenvalue weighted by molar-refractivity contribution is 0.324. The van der Waals surface area contributed by atoms with E-state index in [4.69, 9.17) is 18.9 Å². The standard InChI is InChI=1S/C24H25N3O4/c1-27-18-10-11-25-24(17(18)14-19(27)16-8-6-7-9-20(16)28-2)26-15-12-21(29-3)23(31-5)22(13-15)30-4/h6-14H,1-5H3,(H,25,26). The molecular weight excluding hydrogens is 394 g/mol. The number of anilines is 2. The van der Waals surface area contributed by atoms with Crippen LogP contribution in [0.1, 0.15) is 0 Å². The maximum absolute atomic E-state index is 5.57. The molecule has 2 heterocycles. The highest BCUT2D eigenvalue weighted by Crippen LogP contribution is 2.41. The molecule has 0 atom stereocenters. The fourth-order valence-corrected chi connectivity index (χ4v) is 3.77. The Morgan fingerprint density at radius 2 is 1.48 bits per heavy atom. The molecule has 4 rings (SSSR count). The van der Waals surface area contributed by atoms with Crippen LogP contribution in [0.15, 0.2) is 54.7 Å². The fourth-order valence-electron chi connectivity index (χ4n) is 3.77. The second kappa shape index (κ2) is 8.47. The third-order valence-corrected chi connectivity index (χ3v) is 5.28. The molecule has 160 valence electrons. The molecule has 31 heavy (non-hydrogen) atoms. The van der Waals surface area contributed by atoms with Crippen LogP contribution in [0, 0.1) is 0 Å². The molecule has 0 amide bonds. The summed E-state index contributed by atoms with van der Waals surface area (Å²) in [6.07, 6.45) is 1.79. The van der Waals surface area contributed by atoms with Crippen LogP contribution in [0.4, 0.5) is 11.5 Å². The number of hydrogen-bond acceptors (Lipinski definition) is 6. The van der Waals surface area contributed by atoms with Crippen LogP contribution in [0.2, 0.25) is 0 Å². The number of para-hydroxylation sites is 1. The van der Waals surface area contributed by atoms with Crippen molar-refractivity contribution < 1.29 is 18.9 Å². The van der Waals surface area contributed by atoms with Crippen molar-refractivity contribution in [1.29, 1.82) is 0 Å². The van der Waals surface area contributed by atoms with Gasteiger partial charge in [0, 0.05) is 42.0 Å². The normalized spacial score (nSPS) is 10.7. The number of fused-ring (bicyclic) bond motifs is 1. The second-order valence-electron chi connectivity index (χ2n) is 6.92. The number of aromatic nitrogens is 2. The first kappa shape index (κ1) is 20.4. The van der Waals surface area contributed by atoms with Crippen molar-refractivity contribution in [3.05, 3.63) is 54.7 Å². The number of nitrogens with zero attached hydrogens (tertiary/aromatic N) is 2. The number of hydrogen-bond donors (Lipinski definition) is 1. The predicted octanol–water partition coefficient (Wildman–Crippen LogP) is 5.02. The summed E-state index contributed by atoms with van der Waals surface area (Å²) in [6.45, 7) is 0. The molecule has 1 N–H and O–H groups in total. The first-order chi connectivity index (χ1) is 15.1. The first-order valence-electron chi connectivity index (χ1n) is 9.76. The van der Waals surface area contributed by atoms with Gasteiger partial charge < -0.3 is 28.8 Å². The number of aryl methyl sites for hydroxylation is 1. The van der Waals surface area contributed by atoms with E-state index in [2.05, 4.69) is 20.9 Å². The smallest absolute Gasteiger partial charge is 0.203 e. The van der Waals surface area contributed by atoms with Crippen molar-refractivity contribution in [1.82, 2.24) is 9.55 Å². The lowest BCUT2D eigenvalue weighted by Crippen LogP contribution is -1.99. The summed E-state index contributed by atoms with van der Waals surface area (Å²) >= 11 is 0. The highest BCUT2D eigenvalue weighted by molar-refractivity contribution is 5.96. The number of pyridine rings is 1. The highest BCUT2D eigenvalue weighted by Gasteiger charge is 2.17. The Morgan fingerprint density at radius 1 is 0.806 bits per heavy atom. The number of benzene rings is 2. The minimum Gasteiger partial charge on any atom is -0.496 e. The van der Waals surface area contributed by atoms with Gasteiger partial charge in [0.25, 0.3) is 0 Å². The maximum Gasteiger partial charge on any atom is 0.203 e. The van der Waals surface area contributed by atoms with Crippen molar-refractivity contribution in [2.75, 3.05) is 33.8 Å². The van der Waals surface area contributed by atoms with E-state index in [1.807, 2.05) is 49.5 Å². The van der Waals surface area contributed by atoms with Crippen LogP contribution in [0.5, 0.6) is 23.0 Å². The molecule has 0 saturated heterocycles. The van der Waals surface area contributed by atoms with E-state index in [0.29, 0.717) is 17.2 Å². The average molecular weight is 419 g/mol. The minimum atomic E-state index is 0.542. The first-order valence-corrected chi connectivity index (χ1v) is 9.76. The van der Waals surface area contributed by atoms with E-state index >= 15 is 0 Å². The van der Waals surface area contributed by atoms with E-state index < -0.39 is 0 Å². The van der Waals surface area contributed by atoms with Crippen LogP contribution < -0.4 is 24.3 Å². The van der Waals surface area contributed by atoms with Gasteiger partial charge in [0.1, 0.15) is 11.6 Å². The number of nitrogens with one attached hydrogen (secondary N) is 1. The molecule has 0 saturated carbocycles. The Bertz CT molecular complexity index is 1210. The van der Waals surface area contributed by atoms with Crippen LogP contribution in [0.3, 0.4) is 0 Å². The Hall–Kier alpha value is -3.87. The average Bonchev–Trinajstić information content (AvgIpc) is 3.15. The third-order valence-electron chi connectivity index (χ3n) is 5.28. The van der Waals surface area contributed by atoms with Gasteiger partial charge in [-0.15, -0.1) is 0 Å². The summed E-state index contributed by atoms with van der Waals surface area (Å²) in [7, 11) is 8.49. The fraction of sp³-hybridized carbons (Fsp3) is 0.208. The van der Waals surface area contributed by atoms with Crippen LogP contribution in [-0.2, 0) is 7.05 Å². The summed E-state index contributed by atoms with van der Waals surface area (Å²) in [4.78, 5) is 4.58. The molecule has 2 aromatic heterocycles. The Balaban J connectivity index is 1.82. The van der Waals surface area contributed by atoms with Gasteiger partial charge in [-0.05, 0) is 24.3 Å². The van der Waals surface area contributed by atoms with E-state index in [9.17, 15) is 0 Å². The quantitative estimate of drug-likeness (QED) is 0.454. The molecule has 7 nitrogen and oxygen atoms in total. The zero-order valence-corrected chi connectivity index (χ0v) is 18.2. The van der Waals surface area contributed by atoms with Crippen molar-refractivity contribution in [3.63, 3.8) is 0 Å². The summed E-state index contributed by atoms with van der Waals surface area (Å²) in [5.74, 6) is 3.22. The van der Waals surface area contributed by atoms with Gasteiger partial charge in [0.05, 0.1) is 39.6 Å². The van der Waals surface area contributed by atoms with Gasteiger partial charge in [0.2, 0.25) is 5.75 Å². The van der Waals surface area contributed by atoms with E-state index in [0.717, 1.165) is 39.4 Å². The van der Waals surface area contributed by atoms with Gasteiger partial charge in [-0.2, -0.15) is 0 Å². The maximum atomic E-state index is 5.57. The zero-order chi connectivity index (χ0) is 22.0. The molecular formula is C24H25N3O4. The number of methoxy groups -OCH3 is 4. The second-order valence-corrected chi connectivity index (χ2v) is 6.92. The van der Waals surface area contributed by atoms with Crippen molar-refractivity contribution >= 4 is 22.4 Å². The summed E-state index contributed by atoms with van der Waals surface area (Å²) in [5, 5.41) is 4.38. The van der Waals surface area contributed by atoms with Crippen molar-refractivity contribution in [2.24, 2.45) is 7.05 Å². The van der Waals surface area contributed by atoms with Gasteiger partial charge in [-0.1, -0.05) is 12.1 Å². The van der Waals surface area contributed by atoms with Crippen LogP contribution in [0.25, 0.3) is 22.2 Å². The minimum absolute atomic E-state index is 0.542. The Kier molecular flexibility index (Phi) is 5.58. The Labute approximate surface area is 181 Å². The van der Waals surface area contributed by atoms with Gasteiger partial charge in [-0.3, -0.25) is 0 Å². The van der Waals surface area contributed by atoms with Crippen molar-refractivity contribution in [2.45, 2.75) is 0 Å². The number of rotatable bonds is 7. The van der Waals surface area contributed by atoms with Crippen LogP contribution >= 0.6 is 0 Å². The van der Waals surface area contributed by atoms with E-state index in [1.165, 1.54) is 0 Å². The summed E-state index contributed by atoms with van der Waals surface area (Å²) in [5.41, 5.74) is 3.87. The molecule has 0 fully saturated rings. The monoisotopic (exact) mass is 419 g/mol. The highest BCUT2D eigenvalue weighted by atomic mass is 16.5. The largest absolute Gasteiger partial charge is 0.496 e. The molecule has 0 radical (unpaired) electrons. The summed E-state index contributed by atoms with van der Waals surface area (Å²) < 4.78 is 24.0. The zero-order valence-electron chi connectivity index (χ0n) is 18.2. The molecule has 0 unspecified atom stereocenters. The van der Waals surface area contributed by atoms with Crippen molar-refractivity contribution in [3.8, 4) is 34.3 Å². The van der Waals surface area contributed by atoms with E-state index in [-0.39, 0.29) is 0 Å². The molecule has 0 aliphatic carbocycles. The van der Waals surface area contributed by atoms with Gasteiger partial charge in [-0.25, -0.2) is 4.98 Å². The lowest BCUT2D eigenvalue weighted by Gasteiger charge is -2.15. The molecule has 0 bridgehead atoms. The van der Waals surface area contributed by atoms with Gasteiger partial charge >= 0.3 is 0 Å². The van der Waals surface area contributed by atoms with Crippen LogP contribution in [-0.4, -0.2) is 38.0 Å². The SMILES string of the molecule is COc1ccccc1-c1cc2c(Nc3cc(OC)c(OC)c(OC)c3)nccc2n1C. The molecule has 0 spiro atoms. The predicted molar refractivity (Wildman–Crippen MR) is 122 cm³/mol. The summed E-state index contributed by atoms with van der Waals surface area (Å²) in [6, 6.07) is 15.8. The topological polar surface area (TPSA) is 66.8 Å². The van der Waals surface area contributed by atoms with E-state index in [1.54, 1.807) is 34.6 Å².